The van der Waals surface area contributed by atoms with Crippen molar-refractivity contribution in [3.05, 3.63) is 53.4 Å². The first-order chi connectivity index (χ1) is 16.6. The van der Waals surface area contributed by atoms with E-state index in [9.17, 15) is 18.0 Å². The number of carbonyl (C=O) groups is 1. The van der Waals surface area contributed by atoms with Gasteiger partial charge in [0.1, 0.15) is 0 Å². The molecule has 1 aromatic heterocycles. The van der Waals surface area contributed by atoms with Gasteiger partial charge in [0.15, 0.2) is 11.5 Å². The summed E-state index contributed by atoms with van der Waals surface area (Å²) in [6.45, 7) is 3.86. The van der Waals surface area contributed by atoms with Gasteiger partial charge in [0, 0.05) is 30.1 Å². The van der Waals surface area contributed by atoms with Crippen molar-refractivity contribution in [3.63, 3.8) is 0 Å². The van der Waals surface area contributed by atoms with Crippen molar-refractivity contribution in [2.24, 2.45) is 0 Å². The third-order valence-corrected chi connectivity index (χ3v) is 5.30. The predicted octanol–water partition coefficient (Wildman–Crippen LogP) is 4.87. The van der Waals surface area contributed by atoms with E-state index in [1.807, 2.05) is 13.8 Å². The van der Waals surface area contributed by atoms with Crippen molar-refractivity contribution in [1.29, 1.82) is 0 Å². The first kappa shape index (κ1) is 25.9. The zero-order valence-electron chi connectivity index (χ0n) is 20.0. The normalized spacial score (nSPS) is 11.5. The average Bonchev–Trinajstić information content (AvgIpc) is 3.31. The van der Waals surface area contributed by atoms with E-state index in [1.54, 1.807) is 12.1 Å². The summed E-state index contributed by atoms with van der Waals surface area (Å²) in [7, 11) is 4.49. The van der Waals surface area contributed by atoms with E-state index in [0.717, 1.165) is 12.1 Å². The van der Waals surface area contributed by atoms with Gasteiger partial charge in [-0.3, -0.25) is 4.79 Å². The summed E-state index contributed by atoms with van der Waals surface area (Å²) in [5.74, 6) is 1.49. The lowest BCUT2D eigenvalue weighted by Gasteiger charge is -2.26. The van der Waals surface area contributed by atoms with Crippen molar-refractivity contribution < 1.29 is 36.7 Å². The fraction of sp³-hybridized carbons (Fsp3) is 0.375. The minimum absolute atomic E-state index is 0.162. The molecule has 1 heterocycles. The Bertz CT molecular complexity index is 1130. The standard InChI is InChI=1S/C24H26F3N3O5/c1-14(2)30(23(31)15-6-8-17(9-7-15)24(25,26)27)11-10-20-28-22(29-35-20)16-12-18(32-3)21(34-5)19(13-16)33-4/h6-9,12-14H,10-11H2,1-5H3. The van der Waals surface area contributed by atoms with E-state index in [2.05, 4.69) is 10.1 Å². The van der Waals surface area contributed by atoms with Crippen molar-refractivity contribution in [2.75, 3.05) is 27.9 Å². The molecule has 0 aliphatic heterocycles. The minimum Gasteiger partial charge on any atom is -0.493 e. The monoisotopic (exact) mass is 493 g/mol. The molecule has 0 saturated carbocycles. The number of hydrogen-bond acceptors (Lipinski definition) is 7. The van der Waals surface area contributed by atoms with E-state index >= 15 is 0 Å². The zero-order valence-corrected chi connectivity index (χ0v) is 20.0. The van der Waals surface area contributed by atoms with Crippen LogP contribution in [0.4, 0.5) is 13.2 Å². The summed E-state index contributed by atoms with van der Waals surface area (Å²) in [6.07, 6.45) is -4.21. The van der Waals surface area contributed by atoms with Gasteiger partial charge in [-0.05, 0) is 50.2 Å². The summed E-state index contributed by atoms with van der Waals surface area (Å²) in [4.78, 5) is 18.9. The molecule has 0 fully saturated rings. The molecule has 3 rings (SSSR count). The molecule has 188 valence electrons. The third-order valence-electron chi connectivity index (χ3n) is 5.30. The molecule has 0 radical (unpaired) electrons. The summed E-state index contributed by atoms with van der Waals surface area (Å²) in [5, 5.41) is 4.00. The molecule has 1 amide bonds. The van der Waals surface area contributed by atoms with Gasteiger partial charge in [-0.25, -0.2) is 0 Å². The molecule has 35 heavy (non-hydrogen) atoms. The van der Waals surface area contributed by atoms with Crippen LogP contribution in [0.5, 0.6) is 17.2 Å². The van der Waals surface area contributed by atoms with Crippen molar-refractivity contribution in [2.45, 2.75) is 32.5 Å². The molecule has 2 aromatic carbocycles. The lowest BCUT2D eigenvalue weighted by molar-refractivity contribution is -0.137. The third kappa shape index (κ3) is 5.84. The molecule has 8 nitrogen and oxygen atoms in total. The molecule has 11 heteroatoms. The van der Waals surface area contributed by atoms with E-state index in [-0.39, 0.29) is 24.6 Å². The van der Waals surface area contributed by atoms with Crippen LogP contribution < -0.4 is 14.2 Å². The van der Waals surface area contributed by atoms with Crippen LogP contribution in [0.3, 0.4) is 0 Å². The van der Waals surface area contributed by atoms with Gasteiger partial charge in [0.25, 0.3) is 5.91 Å². The quantitative estimate of drug-likeness (QED) is 0.420. The largest absolute Gasteiger partial charge is 0.493 e. The second-order valence-corrected chi connectivity index (χ2v) is 7.84. The Kier molecular flexibility index (Phi) is 7.88. The smallest absolute Gasteiger partial charge is 0.416 e. The van der Waals surface area contributed by atoms with Gasteiger partial charge in [0.05, 0.1) is 26.9 Å². The van der Waals surface area contributed by atoms with Gasteiger partial charge < -0.3 is 23.6 Å². The molecular weight excluding hydrogens is 467 g/mol. The second kappa shape index (κ2) is 10.7. The maximum atomic E-state index is 12.9. The van der Waals surface area contributed by atoms with E-state index < -0.39 is 17.6 Å². The Labute approximate surface area is 200 Å². The van der Waals surface area contributed by atoms with Gasteiger partial charge in [-0.1, -0.05) is 5.16 Å². The van der Waals surface area contributed by atoms with Crippen LogP contribution in [-0.4, -0.2) is 54.9 Å². The highest BCUT2D eigenvalue weighted by Gasteiger charge is 2.30. The van der Waals surface area contributed by atoms with Crippen molar-refractivity contribution >= 4 is 5.91 Å². The van der Waals surface area contributed by atoms with Crippen LogP contribution in [0.15, 0.2) is 40.9 Å². The number of ether oxygens (including phenoxy) is 3. The van der Waals surface area contributed by atoms with Gasteiger partial charge in [-0.2, -0.15) is 18.2 Å². The molecule has 0 saturated heterocycles. The van der Waals surface area contributed by atoms with Crippen LogP contribution in [0.25, 0.3) is 11.4 Å². The first-order valence-corrected chi connectivity index (χ1v) is 10.7. The number of aromatic nitrogens is 2. The van der Waals surface area contributed by atoms with Crippen LogP contribution in [0.2, 0.25) is 0 Å². The molecule has 0 aliphatic carbocycles. The lowest BCUT2D eigenvalue weighted by Crippen LogP contribution is -2.38. The van der Waals surface area contributed by atoms with Crippen LogP contribution in [-0.2, 0) is 12.6 Å². The number of carbonyl (C=O) groups excluding carboxylic acids is 1. The highest BCUT2D eigenvalue weighted by molar-refractivity contribution is 5.94. The SMILES string of the molecule is COc1cc(-c2noc(CCN(C(=O)c3ccc(C(F)(F)F)cc3)C(C)C)n2)cc(OC)c1OC. The van der Waals surface area contributed by atoms with Crippen LogP contribution in [0.1, 0.15) is 35.7 Å². The number of benzene rings is 2. The highest BCUT2D eigenvalue weighted by Crippen LogP contribution is 2.40. The molecule has 0 unspecified atom stereocenters. The molecule has 0 N–H and O–H groups in total. The first-order valence-electron chi connectivity index (χ1n) is 10.7. The van der Waals surface area contributed by atoms with Gasteiger partial charge in [-0.15, -0.1) is 0 Å². The van der Waals surface area contributed by atoms with Crippen LogP contribution >= 0.6 is 0 Å². The Morgan fingerprint density at radius 3 is 2.11 bits per heavy atom. The summed E-state index contributed by atoms with van der Waals surface area (Å²) in [5.41, 5.74) is -0.0679. The maximum Gasteiger partial charge on any atom is 0.416 e. The van der Waals surface area contributed by atoms with E-state index in [1.165, 1.54) is 38.4 Å². The van der Waals surface area contributed by atoms with E-state index in [0.29, 0.717) is 34.5 Å². The predicted molar refractivity (Wildman–Crippen MR) is 121 cm³/mol. The number of alkyl halides is 3. The Hall–Kier alpha value is -3.76. The summed E-state index contributed by atoms with van der Waals surface area (Å²) >= 11 is 0. The fourth-order valence-corrected chi connectivity index (χ4v) is 3.46. The number of halogens is 3. The summed E-state index contributed by atoms with van der Waals surface area (Å²) < 4.78 is 59.8. The second-order valence-electron chi connectivity index (χ2n) is 7.84. The maximum absolute atomic E-state index is 12.9. The van der Waals surface area contributed by atoms with Crippen molar-refractivity contribution in [1.82, 2.24) is 15.0 Å². The van der Waals surface area contributed by atoms with Crippen LogP contribution in [0, 0.1) is 0 Å². The Morgan fingerprint density at radius 1 is 1.03 bits per heavy atom. The number of methoxy groups -OCH3 is 3. The molecule has 0 spiro atoms. The van der Waals surface area contributed by atoms with E-state index in [4.69, 9.17) is 18.7 Å². The van der Waals surface area contributed by atoms with Crippen molar-refractivity contribution in [3.8, 4) is 28.6 Å². The average molecular weight is 493 g/mol. The molecule has 0 atom stereocenters. The Morgan fingerprint density at radius 2 is 1.63 bits per heavy atom. The summed E-state index contributed by atoms with van der Waals surface area (Å²) in [6, 6.07) is 7.31. The molecule has 0 bridgehead atoms. The topological polar surface area (TPSA) is 86.9 Å². The fourth-order valence-electron chi connectivity index (χ4n) is 3.46. The van der Waals surface area contributed by atoms with Gasteiger partial charge in [0.2, 0.25) is 17.5 Å². The van der Waals surface area contributed by atoms with Gasteiger partial charge >= 0.3 is 6.18 Å². The minimum atomic E-state index is -4.47. The Balaban J connectivity index is 1.76. The molecule has 0 aliphatic rings. The number of rotatable bonds is 9. The molecule has 3 aromatic rings. The highest BCUT2D eigenvalue weighted by atomic mass is 19.4. The lowest BCUT2D eigenvalue weighted by atomic mass is 10.1. The number of amides is 1. The zero-order chi connectivity index (χ0) is 25.8. The number of nitrogens with zero attached hydrogens (tertiary/aromatic N) is 3. The molecular formula is C24H26F3N3O5. The number of hydrogen-bond donors (Lipinski definition) is 0.